The van der Waals surface area contributed by atoms with Crippen molar-refractivity contribution in [1.82, 2.24) is 0 Å². The topological polar surface area (TPSA) is 117 Å². The van der Waals surface area contributed by atoms with Crippen molar-refractivity contribution < 1.29 is 41.8 Å². The number of alkyl halides is 3. The first-order chi connectivity index (χ1) is 13.6. The normalized spacial score (nSPS) is 10.7. The lowest BCUT2D eigenvalue weighted by atomic mass is 10.2. The number of halogens is 3. The first kappa shape index (κ1) is 21.5. The number of benzene rings is 2. The van der Waals surface area contributed by atoms with Gasteiger partial charge in [0.1, 0.15) is 11.5 Å². The molecule has 0 spiro atoms. The van der Waals surface area contributed by atoms with Crippen molar-refractivity contribution in [2.75, 3.05) is 18.5 Å². The first-order valence-electron chi connectivity index (χ1n) is 7.96. The van der Waals surface area contributed by atoms with Crippen molar-refractivity contribution in [3.8, 4) is 11.5 Å². The van der Waals surface area contributed by atoms with Crippen LogP contribution in [0.3, 0.4) is 0 Å². The Balaban J connectivity index is 1.81. The van der Waals surface area contributed by atoms with Gasteiger partial charge >= 0.3 is 12.3 Å². The minimum absolute atomic E-state index is 0.137. The SMILES string of the molecule is NC(=O)COc1ccc(C(=O)OCC(=O)Nc2ccc(OC(F)(F)F)cc2)cc1. The number of nitrogens with two attached hydrogens (primary N) is 1. The van der Waals surface area contributed by atoms with Crippen LogP contribution in [0.15, 0.2) is 48.5 Å². The van der Waals surface area contributed by atoms with Gasteiger partial charge in [0.05, 0.1) is 5.56 Å². The molecule has 2 rings (SSSR count). The molecular formula is C18H15F3N2O6. The Morgan fingerprint density at radius 1 is 0.897 bits per heavy atom. The van der Waals surface area contributed by atoms with Crippen LogP contribution in [0.25, 0.3) is 0 Å². The summed E-state index contributed by atoms with van der Waals surface area (Å²) in [4.78, 5) is 34.4. The molecule has 29 heavy (non-hydrogen) atoms. The van der Waals surface area contributed by atoms with Crippen molar-refractivity contribution in [1.29, 1.82) is 0 Å². The summed E-state index contributed by atoms with van der Waals surface area (Å²) in [5, 5.41) is 2.36. The van der Waals surface area contributed by atoms with E-state index in [1.165, 1.54) is 36.4 Å². The lowest BCUT2D eigenvalue weighted by Gasteiger charge is -2.10. The molecule has 11 heteroatoms. The van der Waals surface area contributed by atoms with Crippen molar-refractivity contribution in [2.24, 2.45) is 5.73 Å². The minimum Gasteiger partial charge on any atom is -0.484 e. The molecule has 8 nitrogen and oxygen atoms in total. The zero-order chi connectivity index (χ0) is 21.4. The number of amides is 2. The third-order valence-electron chi connectivity index (χ3n) is 3.18. The molecule has 2 aromatic rings. The molecule has 3 N–H and O–H groups in total. The zero-order valence-corrected chi connectivity index (χ0v) is 14.7. The van der Waals surface area contributed by atoms with Gasteiger partial charge in [-0.1, -0.05) is 0 Å². The van der Waals surface area contributed by atoms with Gasteiger partial charge in [-0.15, -0.1) is 13.2 Å². The fourth-order valence-corrected chi connectivity index (χ4v) is 1.99. The van der Waals surface area contributed by atoms with Gasteiger partial charge in [-0.05, 0) is 48.5 Å². The number of primary amides is 1. The zero-order valence-electron chi connectivity index (χ0n) is 14.7. The summed E-state index contributed by atoms with van der Waals surface area (Å²) >= 11 is 0. The van der Waals surface area contributed by atoms with Gasteiger partial charge in [-0.3, -0.25) is 9.59 Å². The Morgan fingerprint density at radius 2 is 1.48 bits per heavy atom. The first-order valence-corrected chi connectivity index (χ1v) is 7.96. The Labute approximate surface area is 162 Å². The number of anilines is 1. The van der Waals surface area contributed by atoms with E-state index in [9.17, 15) is 27.6 Å². The minimum atomic E-state index is -4.81. The molecule has 0 saturated heterocycles. The van der Waals surface area contributed by atoms with Gasteiger partial charge < -0.3 is 25.3 Å². The predicted octanol–water partition coefficient (Wildman–Crippen LogP) is 2.24. The number of ether oxygens (including phenoxy) is 3. The molecule has 154 valence electrons. The molecule has 0 saturated carbocycles. The summed E-state index contributed by atoms with van der Waals surface area (Å²) in [6.45, 7) is -0.924. The second-order valence-corrected chi connectivity index (χ2v) is 5.48. The van der Waals surface area contributed by atoms with Gasteiger partial charge in [0.2, 0.25) is 0 Å². The van der Waals surface area contributed by atoms with Crippen LogP contribution >= 0.6 is 0 Å². The number of rotatable bonds is 8. The van der Waals surface area contributed by atoms with Crippen LogP contribution in [-0.4, -0.2) is 37.4 Å². The Hall–Kier alpha value is -3.76. The van der Waals surface area contributed by atoms with E-state index in [-0.39, 0.29) is 17.9 Å². The number of hydrogen-bond donors (Lipinski definition) is 2. The molecule has 0 aromatic heterocycles. The van der Waals surface area contributed by atoms with Crippen LogP contribution in [0, 0.1) is 0 Å². The van der Waals surface area contributed by atoms with Crippen molar-refractivity contribution in [3.05, 3.63) is 54.1 Å². The lowest BCUT2D eigenvalue weighted by molar-refractivity contribution is -0.274. The summed E-state index contributed by atoms with van der Waals surface area (Å²) in [6, 6.07) is 10.0. The second-order valence-electron chi connectivity index (χ2n) is 5.48. The number of nitrogens with one attached hydrogen (secondary N) is 1. The highest BCUT2D eigenvalue weighted by molar-refractivity contribution is 5.95. The number of esters is 1. The van der Waals surface area contributed by atoms with E-state index in [1.807, 2.05) is 0 Å². The summed E-state index contributed by atoms with van der Waals surface area (Å²) in [5.74, 6) is -2.25. The van der Waals surface area contributed by atoms with E-state index in [1.54, 1.807) is 0 Å². The van der Waals surface area contributed by atoms with Gasteiger partial charge in [-0.25, -0.2) is 4.79 Å². The molecule has 2 amide bonds. The fourth-order valence-electron chi connectivity index (χ4n) is 1.99. The standard InChI is InChI=1S/C18H15F3N2O6/c19-18(20,21)29-14-7-3-12(4-8-14)23-16(25)10-28-17(26)11-1-5-13(6-2-11)27-9-15(22)24/h1-8H,9-10H2,(H2,22,24)(H,23,25). The van der Waals surface area contributed by atoms with Crippen LogP contribution in [-0.2, 0) is 14.3 Å². The molecule has 0 aliphatic heterocycles. The van der Waals surface area contributed by atoms with E-state index >= 15 is 0 Å². The highest BCUT2D eigenvalue weighted by Crippen LogP contribution is 2.23. The maximum absolute atomic E-state index is 12.1. The predicted molar refractivity (Wildman–Crippen MR) is 93.2 cm³/mol. The molecule has 0 aliphatic carbocycles. The number of carbonyl (C=O) groups excluding carboxylic acids is 3. The average molecular weight is 412 g/mol. The molecule has 0 fully saturated rings. The Bertz CT molecular complexity index is 867. The number of hydrogen-bond acceptors (Lipinski definition) is 6. The van der Waals surface area contributed by atoms with Crippen LogP contribution in [0.4, 0.5) is 18.9 Å². The molecule has 0 bridgehead atoms. The van der Waals surface area contributed by atoms with Crippen LogP contribution in [0.2, 0.25) is 0 Å². The van der Waals surface area contributed by atoms with E-state index in [0.717, 1.165) is 12.1 Å². The van der Waals surface area contributed by atoms with Gasteiger partial charge in [0.25, 0.3) is 11.8 Å². The highest BCUT2D eigenvalue weighted by Gasteiger charge is 2.30. The van der Waals surface area contributed by atoms with Crippen LogP contribution in [0.5, 0.6) is 11.5 Å². The van der Waals surface area contributed by atoms with E-state index < -0.39 is 36.5 Å². The quantitative estimate of drug-likeness (QED) is 0.643. The molecule has 0 aliphatic rings. The van der Waals surface area contributed by atoms with E-state index in [0.29, 0.717) is 5.75 Å². The molecular weight excluding hydrogens is 397 g/mol. The van der Waals surface area contributed by atoms with Crippen molar-refractivity contribution in [3.63, 3.8) is 0 Å². The van der Waals surface area contributed by atoms with E-state index in [4.69, 9.17) is 15.2 Å². The Morgan fingerprint density at radius 3 is 2.03 bits per heavy atom. The number of carbonyl (C=O) groups is 3. The van der Waals surface area contributed by atoms with Gasteiger partial charge in [0.15, 0.2) is 13.2 Å². The molecule has 0 atom stereocenters. The second kappa shape index (κ2) is 9.44. The van der Waals surface area contributed by atoms with E-state index in [2.05, 4.69) is 10.1 Å². The summed E-state index contributed by atoms with van der Waals surface area (Å²) in [7, 11) is 0. The third kappa shape index (κ3) is 7.79. The highest BCUT2D eigenvalue weighted by atomic mass is 19.4. The van der Waals surface area contributed by atoms with Crippen LogP contribution in [0.1, 0.15) is 10.4 Å². The third-order valence-corrected chi connectivity index (χ3v) is 3.18. The summed E-state index contributed by atoms with van der Waals surface area (Å²) in [5.41, 5.74) is 5.27. The lowest BCUT2D eigenvalue weighted by Crippen LogP contribution is -2.21. The monoisotopic (exact) mass is 412 g/mol. The maximum Gasteiger partial charge on any atom is 0.573 e. The fraction of sp³-hybridized carbons (Fsp3) is 0.167. The van der Waals surface area contributed by atoms with Crippen molar-refractivity contribution >= 4 is 23.5 Å². The largest absolute Gasteiger partial charge is 0.573 e. The maximum atomic E-state index is 12.1. The molecule has 2 aromatic carbocycles. The van der Waals surface area contributed by atoms with Crippen LogP contribution < -0.4 is 20.5 Å². The summed E-state index contributed by atoms with van der Waals surface area (Å²) in [6.07, 6.45) is -4.81. The average Bonchev–Trinajstić information content (AvgIpc) is 2.65. The molecule has 0 radical (unpaired) electrons. The smallest absolute Gasteiger partial charge is 0.484 e. The molecule has 0 heterocycles. The molecule has 0 unspecified atom stereocenters. The Kier molecular flexibility index (Phi) is 7.01. The summed E-state index contributed by atoms with van der Waals surface area (Å²) < 4.78 is 49.9. The van der Waals surface area contributed by atoms with Gasteiger partial charge in [0, 0.05) is 5.69 Å². The van der Waals surface area contributed by atoms with Crippen molar-refractivity contribution in [2.45, 2.75) is 6.36 Å². The van der Waals surface area contributed by atoms with Gasteiger partial charge in [-0.2, -0.15) is 0 Å².